The zero-order chi connectivity index (χ0) is 10.7. The van der Waals surface area contributed by atoms with E-state index >= 15 is 0 Å². The molecule has 0 unspecified atom stereocenters. The summed E-state index contributed by atoms with van der Waals surface area (Å²) < 4.78 is 0. The number of rotatable bonds is 3. The van der Waals surface area contributed by atoms with Crippen LogP contribution in [-0.2, 0) is 0 Å². The Balaban J connectivity index is 2.85. The van der Waals surface area contributed by atoms with Crippen LogP contribution < -0.4 is 0 Å². The van der Waals surface area contributed by atoms with Crippen molar-refractivity contribution in [2.45, 2.75) is 13.8 Å². The molecule has 2 nitrogen and oxygen atoms in total. The first-order chi connectivity index (χ1) is 6.50. The van der Waals surface area contributed by atoms with Crippen LogP contribution >= 0.6 is 11.3 Å². The molecule has 1 aromatic heterocycles. The lowest BCUT2D eigenvalue weighted by Gasteiger charge is -2.02. The molecule has 1 heterocycles. The molecular weight excluding hydrogens is 194 g/mol. The maximum Gasteiger partial charge on any atom is 0.188 e. The summed E-state index contributed by atoms with van der Waals surface area (Å²) in [5.74, 6) is 0.0838. The summed E-state index contributed by atoms with van der Waals surface area (Å²) in [6.07, 6.45) is 3.38. The normalized spacial score (nSPS) is 10.9. The van der Waals surface area contributed by atoms with E-state index in [2.05, 4.69) is 0 Å². The molecule has 14 heavy (non-hydrogen) atoms. The summed E-state index contributed by atoms with van der Waals surface area (Å²) >= 11 is 1.66. The van der Waals surface area contributed by atoms with Gasteiger partial charge in [-0.1, -0.05) is 0 Å². The molecule has 0 N–H and O–H groups in total. The number of ketones is 1. The summed E-state index contributed by atoms with van der Waals surface area (Å²) in [7, 11) is 3.80. The number of nitrogens with zero attached hydrogens (tertiary/aromatic N) is 1. The van der Waals surface area contributed by atoms with Crippen LogP contribution in [0.15, 0.2) is 18.3 Å². The van der Waals surface area contributed by atoms with Gasteiger partial charge in [-0.15, -0.1) is 11.3 Å². The lowest BCUT2D eigenvalue weighted by Crippen LogP contribution is -2.03. The van der Waals surface area contributed by atoms with Crippen LogP contribution in [0.25, 0.3) is 0 Å². The first kappa shape index (κ1) is 11.0. The van der Waals surface area contributed by atoms with E-state index in [1.165, 1.54) is 4.88 Å². The minimum absolute atomic E-state index is 0.0838. The van der Waals surface area contributed by atoms with E-state index in [9.17, 15) is 4.79 Å². The molecule has 0 aliphatic heterocycles. The largest absolute Gasteiger partial charge is 0.383 e. The van der Waals surface area contributed by atoms with Gasteiger partial charge in [0.15, 0.2) is 5.78 Å². The van der Waals surface area contributed by atoms with Crippen LogP contribution in [0.4, 0.5) is 0 Å². The minimum atomic E-state index is 0.0838. The number of hydrogen-bond donors (Lipinski definition) is 0. The fourth-order valence-corrected chi connectivity index (χ4v) is 2.11. The highest BCUT2D eigenvalue weighted by molar-refractivity contribution is 7.12. The van der Waals surface area contributed by atoms with E-state index in [4.69, 9.17) is 0 Å². The maximum absolute atomic E-state index is 11.7. The zero-order valence-corrected chi connectivity index (χ0v) is 9.81. The topological polar surface area (TPSA) is 20.3 Å². The SMILES string of the molecule is Cc1cc(C(=O)/C=C/N(C)C)c(C)s1. The van der Waals surface area contributed by atoms with Crippen molar-refractivity contribution in [2.75, 3.05) is 14.1 Å². The van der Waals surface area contributed by atoms with Gasteiger partial charge in [0.2, 0.25) is 0 Å². The summed E-state index contributed by atoms with van der Waals surface area (Å²) in [6, 6.07) is 1.95. The minimum Gasteiger partial charge on any atom is -0.383 e. The first-order valence-corrected chi connectivity index (χ1v) is 5.28. The predicted molar refractivity (Wildman–Crippen MR) is 61.0 cm³/mol. The van der Waals surface area contributed by atoms with Crippen LogP contribution in [0.3, 0.4) is 0 Å². The van der Waals surface area contributed by atoms with Crippen molar-refractivity contribution < 1.29 is 4.79 Å². The lowest BCUT2D eigenvalue weighted by atomic mass is 10.1. The number of carbonyl (C=O) groups excluding carboxylic acids is 1. The van der Waals surface area contributed by atoms with Crippen molar-refractivity contribution >= 4 is 17.1 Å². The molecule has 0 saturated heterocycles. The van der Waals surface area contributed by atoms with Gasteiger partial charge in [0.1, 0.15) is 0 Å². The Morgan fingerprint density at radius 2 is 2.07 bits per heavy atom. The van der Waals surface area contributed by atoms with Gasteiger partial charge >= 0.3 is 0 Å². The molecule has 76 valence electrons. The van der Waals surface area contributed by atoms with E-state index in [0.29, 0.717) is 0 Å². The van der Waals surface area contributed by atoms with Gasteiger partial charge in [-0.05, 0) is 19.9 Å². The summed E-state index contributed by atoms with van der Waals surface area (Å²) in [4.78, 5) is 15.8. The number of thiophene rings is 1. The summed E-state index contributed by atoms with van der Waals surface area (Å²) in [5, 5.41) is 0. The molecular formula is C11H15NOS. The smallest absolute Gasteiger partial charge is 0.188 e. The Morgan fingerprint density at radius 1 is 1.43 bits per heavy atom. The standard InChI is InChI=1S/C11H15NOS/c1-8-7-10(9(2)14-8)11(13)5-6-12(3)4/h5-7H,1-4H3/b6-5+. The molecule has 0 saturated carbocycles. The Hall–Kier alpha value is -1.09. The highest BCUT2D eigenvalue weighted by Crippen LogP contribution is 2.21. The van der Waals surface area contributed by atoms with E-state index in [1.54, 1.807) is 23.6 Å². The average molecular weight is 209 g/mol. The van der Waals surface area contributed by atoms with Crippen molar-refractivity contribution in [3.63, 3.8) is 0 Å². The van der Waals surface area contributed by atoms with Gasteiger partial charge in [0.25, 0.3) is 0 Å². The third-order valence-corrected chi connectivity index (χ3v) is 2.80. The van der Waals surface area contributed by atoms with Crippen LogP contribution in [-0.4, -0.2) is 24.8 Å². The van der Waals surface area contributed by atoms with Gasteiger partial charge in [0, 0.05) is 41.7 Å². The molecule has 3 heteroatoms. The van der Waals surface area contributed by atoms with Gasteiger partial charge in [-0.2, -0.15) is 0 Å². The highest BCUT2D eigenvalue weighted by atomic mass is 32.1. The van der Waals surface area contributed by atoms with Gasteiger partial charge in [-0.3, -0.25) is 4.79 Å². The third-order valence-electron chi connectivity index (χ3n) is 1.83. The third kappa shape index (κ3) is 2.70. The maximum atomic E-state index is 11.7. The number of carbonyl (C=O) groups is 1. The summed E-state index contributed by atoms with van der Waals surface area (Å²) in [6.45, 7) is 4.00. The second kappa shape index (κ2) is 4.42. The molecule has 0 amide bonds. The Kier molecular flexibility index (Phi) is 3.47. The molecule has 1 rings (SSSR count). The Morgan fingerprint density at radius 3 is 2.50 bits per heavy atom. The van der Waals surface area contributed by atoms with Crippen LogP contribution in [0.2, 0.25) is 0 Å². The molecule has 1 aromatic rings. The molecule has 0 atom stereocenters. The van der Waals surface area contributed by atoms with E-state index < -0.39 is 0 Å². The Bertz CT molecular complexity index is 363. The fraction of sp³-hybridized carbons (Fsp3) is 0.364. The van der Waals surface area contributed by atoms with Crippen LogP contribution in [0, 0.1) is 13.8 Å². The highest BCUT2D eigenvalue weighted by Gasteiger charge is 2.08. The van der Waals surface area contributed by atoms with Gasteiger partial charge < -0.3 is 4.90 Å². The molecule has 0 fully saturated rings. The van der Waals surface area contributed by atoms with Crippen molar-refractivity contribution in [1.82, 2.24) is 4.90 Å². The van der Waals surface area contributed by atoms with Crippen molar-refractivity contribution in [3.8, 4) is 0 Å². The second-order valence-corrected chi connectivity index (χ2v) is 4.93. The molecule has 0 aliphatic carbocycles. The average Bonchev–Trinajstić information content (AvgIpc) is 2.41. The number of allylic oxidation sites excluding steroid dienone is 1. The van der Waals surface area contributed by atoms with E-state index in [0.717, 1.165) is 10.4 Å². The number of hydrogen-bond acceptors (Lipinski definition) is 3. The van der Waals surface area contributed by atoms with Crippen molar-refractivity contribution in [1.29, 1.82) is 0 Å². The predicted octanol–water partition coefficient (Wildman–Crippen LogP) is 2.62. The van der Waals surface area contributed by atoms with Crippen LogP contribution in [0.5, 0.6) is 0 Å². The monoisotopic (exact) mass is 209 g/mol. The molecule has 0 radical (unpaired) electrons. The molecule has 0 bridgehead atoms. The summed E-state index contributed by atoms with van der Waals surface area (Å²) in [5.41, 5.74) is 0.825. The molecule has 0 aliphatic rings. The first-order valence-electron chi connectivity index (χ1n) is 4.46. The Labute approximate surface area is 88.9 Å². The van der Waals surface area contributed by atoms with Crippen molar-refractivity contribution in [3.05, 3.63) is 33.7 Å². The van der Waals surface area contributed by atoms with Gasteiger partial charge in [0.05, 0.1) is 0 Å². The molecule has 0 spiro atoms. The molecule has 0 aromatic carbocycles. The quantitative estimate of drug-likeness (QED) is 0.563. The van der Waals surface area contributed by atoms with E-state index in [-0.39, 0.29) is 5.78 Å². The van der Waals surface area contributed by atoms with Crippen molar-refractivity contribution in [2.24, 2.45) is 0 Å². The van der Waals surface area contributed by atoms with E-state index in [1.807, 2.05) is 38.9 Å². The second-order valence-electron chi connectivity index (χ2n) is 3.47. The fourth-order valence-electron chi connectivity index (χ4n) is 1.18. The van der Waals surface area contributed by atoms with Crippen LogP contribution in [0.1, 0.15) is 20.1 Å². The number of aryl methyl sites for hydroxylation is 2. The lowest BCUT2D eigenvalue weighted by molar-refractivity contribution is 0.104. The zero-order valence-electron chi connectivity index (χ0n) is 9.00. The van der Waals surface area contributed by atoms with Gasteiger partial charge in [-0.25, -0.2) is 0 Å².